The maximum atomic E-state index is 12.3. The Morgan fingerprint density at radius 2 is 2.11 bits per heavy atom. The molecule has 0 radical (unpaired) electrons. The van der Waals surface area contributed by atoms with Gasteiger partial charge in [0.25, 0.3) is 0 Å². The van der Waals surface area contributed by atoms with E-state index >= 15 is 0 Å². The predicted octanol–water partition coefficient (Wildman–Crippen LogP) is 0.515. The average Bonchev–Trinajstić information content (AvgIpc) is 3.31. The Hall–Kier alpha value is -1.65. The molecule has 2 unspecified atom stereocenters. The summed E-state index contributed by atoms with van der Waals surface area (Å²) in [6, 6.07) is 1.73. The lowest BCUT2D eigenvalue weighted by Gasteiger charge is -2.23. The number of nitrogens with one attached hydrogen (secondary N) is 3. The standard InChI is InChI=1S/C17H29N5O4S/c1-22-15(6-8-19-22)16-13(7-9-26-16)10-18-17(23)21-14-5-3-4-12(14)11-20-27(2,24)25/h6,8,12-14,16,20H,3-5,7,9-11H2,1-2H3,(H2,18,21,23)/t12?,13-,14?,16+/m0/s1. The van der Waals surface area contributed by atoms with Crippen LogP contribution < -0.4 is 15.4 Å². The third-order valence-electron chi connectivity index (χ3n) is 5.47. The fraction of sp³-hybridized carbons (Fsp3) is 0.765. The summed E-state index contributed by atoms with van der Waals surface area (Å²) in [6.45, 7) is 1.56. The zero-order valence-corrected chi connectivity index (χ0v) is 16.7. The largest absolute Gasteiger partial charge is 0.372 e. The molecule has 0 spiro atoms. The first-order chi connectivity index (χ1) is 12.8. The second kappa shape index (κ2) is 8.57. The first kappa shape index (κ1) is 20.1. The molecule has 1 aliphatic heterocycles. The summed E-state index contributed by atoms with van der Waals surface area (Å²) in [5.41, 5.74) is 1.02. The van der Waals surface area contributed by atoms with Crippen molar-refractivity contribution in [3.63, 3.8) is 0 Å². The first-order valence-electron chi connectivity index (χ1n) is 9.42. The van der Waals surface area contributed by atoms with Crippen molar-refractivity contribution in [2.45, 2.75) is 37.8 Å². The Kier molecular flexibility index (Phi) is 6.38. The molecule has 10 heteroatoms. The number of carbonyl (C=O) groups is 1. The van der Waals surface area contributed by atoms with E-state index in [2.05, 4.69) is 20.5 Å². The molecule has 2 aliphatic rings. The molecule has 2 heterocycles. The van der Waals surface area contributed by atoms with Crippen LogP contribution in [0.2, 0.25) is 0 Å². The van der Waals surface area contributed by atoms with Gasteiger partial charge in [-0.1, -0.05) is 6.42 Å². The van der Waals surface area contributed by atoms with Gasteiger partial charge in [0, 0.05) is 44.9 Å². The Balaban J connectivity index is 1.47. The third kappa shape index (κ3) is 5.43. The SMILES string of the molecule is Cn1nccc1[C@@H]1OCC[C@H]1CNC(=O)NC1CCCC1CNS(C)(=O)=O. The molecule has 1 aromatic heterocycles. The summed E-state index contributed by atoms with van der Waals surface area (Å²) in [5, 5.41) is 10.2. The van der Waals surface area contributed by atoms with Crippen molar-refractivity contribution in [1.29, 1.82) is 0 Å². The van der Waals surface area contributed by atoms with Crippen LogP contribution in [0.15, 0.2) is 12.3 Å². The van der Waals surface area contributed by atoms with E-state index in [1.165, 1.54) is 0 Å². The number of hydrogen-bond acceptors (Lipinski definition) is 5. The Morgan fingerprint density at radius 3 is 2.81 bits per heavy atom. The molecular formula is C17H29N5O4S. The summed E-state index contributed by atoms with van der Waals surface area (Å²) >= 11 is 0. The fourth-order valence-electron chi connectivity index (χ4n) is 4.01. The lowest BCUT2D eigenvalue weighted by atomic mass is 9.99. The summed E-state index contributed by atoms with van der Waals surface area (Å²) in [4.78, 5) is 12.3. The number of rotatable bonds is 7. The molecule has 2 amide bonds. The van der Waals surface area contributed by atoms with Crippen molar-refractivity contribution in [1.82, 2.24) is 25.1 Å². The summed E-state index contributed by atoms with van der Waals surface area (Å²) in [5.74, 6) is 0.333. The van der Waals surface area contributed by atoms with Gasteiger partial charge < -0.3 is 15.4 Å². The Labute approximate surface area is 160 Å². The Morgan fingerprint density at radius 1 is 1.30 bits per heavy atom. The summed E-state index contributed by atoms with van der Waals surface area (Å²) in [6.07, 6.45) is 6.50. The quantitative estimate of drug-likeness (QED) is 0.618. The van der Waals surface area contributed by atoms with E-state index in [9.17, 15) is 13.2 Å². The van der Waals surface area contributed by atoms with Crippen molar-refractivity contribution in [3.8, 4) is 0 Å². The fourth-order valence-corrected chi connectivity index (χ4v) is 4.52. The van der Waals surface area contributed by atoms with E-state index in [-0.39, 0.29) is 30.0 Å². The molecule has 4 atom stereocenters. The number of aryl methyl sites for hydroxylation is 1. The lowest BCUT2D eigenvalue weighted by molar-refractivity contribution is 0.0843. The van der Waals surface area contributed by atoms with Gasteiger partial charge >= 0.3 is 6.03 Å². The van der Waals surface area contributed by atoms with Gasteiger partial charge in [-0.3, -0.25) is 4.68 Å². The first-order valence-corrected chi connectivity index (χ1v) is 11.3. The van der Waals surface area contributed by atoms with Crippen LogP contribution in [0.3, 0.4) is 0 Å². The predicted molar refractivity (Wildman–Crippen MR) is 101 cm³/mol. The number of urea groups is 1. The number of aromatic nitrogens is 2. The van der Waals surface area contributed by atoms with E-state index in [1.807, 2.05) is 13.1 Å². The van der Waals surface area contributed by atoms with Gasteiger partial charge in [-0.2, -0.15) is 5.10 Å². The normalized spacial score (nSPS) is 28.4. The van der Waals surface area contributed by atoms with Gasteiger partial charge in [0.1, 0.15) is 6.10 Å². The smallest absolute Gasteiger partial charge is 0.315 e. The number of amides is 2. The molecule has 1 aromatic rings. The van der Waals surface area contributed by atoms with Crippen molar-refractivity contribution in [3.05, 3.63) is 18.0 Å². The van der Waals surface area contributed by atoms with Crippen LogP contribution in [0.5, 0.6) is 0 Å². The molecule has 3 N–H and O–H groups in total. The molecular weight excluding hydrogens is 370 g/mol. The zero-order valence-electron chi connectivity index (χ0n) is 15.8. The van der Waals surface area contributed by atoms with Crippen molar-refractivity contribution in [2.24, 2.45) is 18.9 Å². The van der Waals surface area contributed by atoms with Crippen LogP contribution in [-0.2, 0) is 21.8 Å². The summed E-state index contributed by atoms with van der Waals surface area (Å²) < 4.78 is 32.8. The highest BCUT2D eigenvalue weighted by Crippen LogP contribution is 2.33. The highest BCUT2D eigenvalue weighted by Gasteiger charge is 2.33. The molecule has 9 nitrogen and oxygen atoms in total. The van der Waals surface area contributed by atoms with Crippen LogP contribution in [0, 0.1) is 11.8 Å². The number of nitrogens with zero attached hydrogens (tertiary/aromatic N) is 2. The Bertz CT molecular complexity index is 750. The highest BCUT2D eigenvalue weighted by atomic mass is 32.2. The van der Waals surface area contributed by atoms with Crippen LogP contribution in [0.25, 0.3) is 0 Å². The minimum Gasteiger partial charge on any atom is -0.372 e. The number of ether oxygens (including phenoxy) is 1. The molecule has 152 valence electrons. The van der Waals surface area contributed by atoms with Gasteiger partial charge in [0.2, 0.25) is 10.0 Å². The van der Waals surface area contributed by atoms with Crippen molar-refractivity contribution < 1.29 is 17.9 Å². The van der Waals surface area contributed by atoms with Gasteiger partial charge in [-0.25, -0.2) is 17.9 Å². The monoisotopic (exact) mass is 399 g/mol. The van der Waals surface area contributed by atoms with Gasteiger partial charge in [-0.15, -0.1) is 0 Å². The van der Waals surface area contributed by atoms with E-state index in [4.69, 9.17) is 4.74 Å². The highest BCUT2D eigenvalue weighted by molar-refractivity contribution is 7.88. The number of hydrogen-bond donors (Lipinski definition) is 3. The zero-order chi connectivity index (χ0) is 19.4. The molecule has 2 fully saturated rings. The minimum absolute atomic E-state index is 0.00745. The van der Waals surface area contributed by atoms with E-state index < -0.39 is 10.0 Å². The topological polar surface area (TPSA) is 114 Å². The van der Waals surface area contributed by atoms with Gasteiger partial charge in [0.05, 0.1) is 11.9 Å². The lowest BCUT2D eigenvalue weighted by Crippen LogP contribution is -2.47. The van der Waals surface area contributed by atoms with Crippen LogP contribution in [0.1, 0.15) is 37.5 Å². The average molecular weight is 400 g/mol. The second-order valence-electron chi connectivity index (χ2n) is 7.49. The van der Waals surface area contributed by atoms with E-state index in [0.717, 1.165) is 37.6 Å². The van der Waals surface area contributed by atoms with Gasteiger partial charge in [0.15, 0.2) is 0 Å². The number of sulfonamides is 1. The minimum atomic E-state index is -3.22. The van der Waals surface area contributed by atoms with Gasteiger partial charge in [-0.05, 0) is 31.2 Å². The molecule has 0 aromatic carbocycles. The third-order valence-corrected chi connectivity index (χ3v) is 6.16. The summed E-state index contributed by atoms with van der Waals surface area (Å²) in [7, 11) is -1.33. The van der Waals surface area contributed by atoms with Crippen LogP contribution >= 0.6 is 0 Å². The van der Waals surface area contributed by atoms with Crippen molar-refractivity contribution in [2.75, 3.05) is 26.0 Å². The maximum absolute atomic E-state index is 12.3. The molecule has 1 saturated heterocycles. The van der Waals surface area contributed by atoms with E-state index in [0.29, 0.717) is 19.7 Å². The molecule has 27 heavy (non-hydrogen) atoms. The molecule has 1 aliphatic carbocycles. The van der Waals surface area contributed by atoms with Crippen molar-refractivity contribution >= 4 is 16.1 Å². The maximum Gasteiger partial charge on any atom is 0.315 e. The van der Waals surface area contributed by atoms with E-state index in [1.54, 1.807) is 10.9 Å². The van der Waals surface area contributed by atoms with Crippen LogP contribution in [0.4, 0.5) is 4.79 Å². The van der Waals surface area contributed by atoms with Crippen LogP contribution in [-0.4, -0.2) is 56.2 Å². The molecule has 0 bridgehead atoms. The second-order valence-corrected chi connectivity index (χ2v) is 9.33. The number of carbonyl (C=O) groups excluding carboxylic acids is 1. The molecule has 3 rings (SSSR count). The molecule has 1 saturated carbocycles.